The van der Waals surface area contributed by atoms with Gasteiger partial charge >= 0.3 is 0 Å². The number of fused-ring (bicyclic) bond motifs is 1. The van der Waals surface area contributed by atoms with E-state index in [1.165, 1.54) is 0 Å². The van der Waals surface area contributed by atoms with Gasteiger partial charge in [0.15, 0.2) is 5.76 Å². The summed E-state index contributed by atoms with van der Waals surface area (Å²) in [6.45, 7) is 4.13. The van der Waals surface area contributed by atoms with Crippen LogP contribution < -0.4 is 5.73 Å². The number of hydrogen-bond donors (Lipinski definition) is 2. The number of aromatic nitrogens is 3. The van der Waals surface area contributed by atoms with Gasteiger partial charge in [-0.1, -0.05) is 16.8 Å². The van der Waals surface area contributed by atoms with Crippen molar-refractivity contribution in [1.82, 2.24) is 14.5 Å². The standard InChI is InChI=1S/C17H20ClN5O3/c1-9-6-20-26-12(10(2)14(9)25-3)8-23-7-11(4-5-24)13-15(18)21-17(19)22-16(13)23/h6-7,24H,4-5,8H2,1-3H3,(H2,19,21,22). The van der Waals surface area contributed by atoms with Crippen LogP contribution in [0.25, 0.3) is 11.0 Å². The third kappa shape index (κ3) is 3.25. The molecule has 0 aliphatic carbocycles. The van der Waals surface area contributed by atoms with E-state index in [0.29, 0.717) is 35.5 Å². The number of hydrogen-bond acceptors (Lipinski definition) is 7. The van der Waals surface area contributed by atoms with E-state index in [-0.39, 0.29) is 17.7 Å². The maximum Gasteiger partial charge on any atom is 0.223 e. The van der Waals surface area contributed by atoms with Crippen molar-refractivity contribution in [3.63, 3.8) is 0 Å². The summed E-state index contributed by atoms with van der Waals surface area (Å²) < 4.78 is 7.33. The van der Waals surface area contributed by atoms with Gasteiger partial charge in [-0.2, -0.15) is 4.98 Å². The molecule has 0 saturated carbocycles. The van der Waals surface area contributed by atoms with Gasteiger partial charge in [0.1, 0.15) is 16.6 Å². The van der Waals surface area contributed by atoms with Crippen LogP contribution in [-0.2, 0) is 22.5 Å². The van der Waals surface area contributed by atoms with Gasteiger partial charge < -0.3 is 25.0 Å². The van der Waals surface area contributed by atoms with E-state index >= 15 is 0 Å². The summed E-state index contributed by atoms with van der Waals surface area (Å²) in [7, 11) is 1.61. The molecule has 138 valence electrons. The number of methoxy groups -OCH3 is 1. The predicted octanol–water partition coefficient (Wildman–Crippen LogP) is 2.41. The Morgan fingerprint density at radius 1 is 1.35 bits per heavy atom. The van der Waals surface area contributed by atoms with Crippen molar-refractivity contribution < 1.29 is 14.7 Å². The fraction of sp³-hybridized carbons (Fsp3) is 0.353. The molecule has 0 spiro atoms. The molecule has 0 amide bonds. The number of nitrogens with zero attached hydrogens (tertiary/aromatic N) is 4. The van der Waals surface area contributed by atoms with Crippen LogP contribution in [0.4, 0.5) is 5.95 Å². The van der Waals surface area contributed by atoms with Crippen LogP contribution in [0.5, 0.6) is 0 Å². The monoisotopic (exact) mass is 377 g/mol. The second-order valence-corrected chi connectivity index (χ2v) is 6.28. The molecule has 0 atom stereocenters. The van der Waals surface area contributed by atoms with E-state index in [4.69, 9.17) is 26.9 Å². The first-order valence-electron chi connectivity index (χ1n) is 8.03. The summed E-state index contributed by atoms with van der Waals surface area (Å²) in [5.41, 5.74) is 8.87. The van der Waals surface area contributed by atoms with Gasteiger partial charge in [-0.25, -0.2) is 4.98 Å². The molecule has 9 heteroatoms. The van der Waals surface area contributed by atoms with Crippen LogP contribution in [0.3, 0.4) is 0 Å². The molecule has 3 rings (SSSR count). The number of anilines is 1. The molecule has 0 aromatic carbocycles. The average Bonchev–Trinajstić information content (AvgIpc) is 2.85. The van der Waals surface area contributed by atoms with Crippen LogP contribution in [0.1, 0.15) is 19.4 Å². The Labute approximate surface area is 155 Å². The number of aliphatic hydroxyl groups is 1. The van der Waals surface area contributed by atoms with Crippen LogP contribution in [0.15, 0.2) is 34.0 Å². The number of rotatable bonds is 5. The Hall–Kier alpha value is -2.58. The van der Waals surface area contributed by atoms with Gasteiger partial charge in [0.05, 0.1) is 25.3 Å². The number of ether oxygens (including phenoxy) is 1. The SMILES string of the molecule is COC1=C(C)C=NOC(Cn2cc(CCO)c3c(Cl)nc(N)nc32)=C1C. The minimum Gasteiger partial charge on any atom is -0.496 e. The van der Waals surface area contributed by atoms with Gasteiger partial charge in [-0.3, -0.25) is 0 Å². The first-order valence-corrected chi connectivity index (χ1v) is 8.41. The highest BCUT2D eigenvalue weighted by molar-refractivity contribution is 6.34. The van der Waals surface area contributed by atoms with Gasteiger partial charge in [0, 0.05) is 23.9 Å². The second kappa shape index (κ2) is 7.35. The molecule has 0 saturated heterocycles. The highest BCUT2D eigenvalue weighted by atomic mass is 35.5. The van der Waals surface area contributed by atoms with Crippen LogP contribution in [-0.4, -0.2) is 39.6 Å². The van der Waals surface area contributed by atoms with Crippen LogP contribution in [0, 0.1) is 0 Å². The molecule has 3 heterocycles. The summed E-state index contributed by atoms with van der Waals surface area (Å²) in [6.07, 6.45) is 3.90. The minimum absolute atomic E-state index is 0.0158. The Bertz CT molecular complexity index is 946. The van der Waals surface area contributed by atoms with Crippen LogP contribution >= 0.6 is 11.6 Å². The molecule has 0 unspecified atom stereocenters. The Morgan fingerprint density at radius 3 is 2.81 bits per heavy atom. The molecule has 8 nitrogen and oxygen atoms in total. The molecular formula is C17H20ClN5O3. The third-order valence-electron chi connectivity index (χ3n) is 4.19. The summed E-state index contributed by atoms with van der Waals surface area (Å²) in [6, 6.07) is 0. The second-order valence-electron chi connectivity index (χ2n) is 5.92. The summed E-state index contributed by atoms with van der Waals surface area (Å²) >= 11 is 6.26. The molecule has 1 aliphatic rings. The topological polar surface area (TPSA) is 108 Å². The zero-order valence-corrected chi connectivity index (χ0v) is 15.5. The lowest BCUT2D eigenvalue weighted by molar-refractivity contribution is 0.207. The minimum atomic E-state index is -0.0158. The van der Waals surface area contributed by atoms with Crippen molar-refractivity contribution in [2.75, 3.05) is 19.5 Å². The number of aliphatic hydroxyl groups excluding tert-OH is 1. The summed E-state index contributed by atoms with van der Waals surface area (Å²) in [5.74, 6) is 1.40. The maximum atomic E-state index is 9.34. The fourth-order valence-corrected chi connectivity index (χ4v) is 3.29. The van der Waals surface area contributed by atoms with Crippen molar-refractivity contribution in [2.24, 2.45) is 5.16 Å². The summed E-state index contributed by atoms with van der Waals surface area (Å²) in [5, 5.41) is 14.2. The van der Waals surface area contributed by atoms with E-state index < -0.39 is 0 Å². The van der Waals surface area contributed by atoms with Gasteiger partial charge in [-0.15, -0.1) is 0 Å². The van der Waals surface area contributed by atoms with Gasteiger partial charge in [0.2, 0.25) is 5.95 Å². The molecule has 0 fully saturated rings. The largest absolute Gasteiger partial charge is 0.496 e. The zero-order chi connectivity index (χ0) is 18.8. The van der Waals surface area contributed by atoms with Crippen molar-refractivity contribution >= 4 is 34.8 Å². The normalized spacial score (nSPS) is 14.8. The molecule has 0 radical (unpaired) electrons. The first-order chi connectivity index (χ1) is 12.5. The molecule has 2 aromatic heterocycles. The number of nitrogens with two attached hydrogens (primary N) is 1. The van der Waals surface area contributed by atoms with Gasteiger partial charge in [0.25, 0.3) is 0 Å². The van der Waals surface area contributed by atoms with Crippen molar-refractivity contribution in [1.29, 1.82) is 0 Å². The maximum absolute atomic E-state index is 9.34. The fourth-order valence-electron chi connectivity index (χ4n) is 3.00. The Balaban J connectivity index is 2.12. The van der Waals surface area contributed by atoms with Gasteiger partial charge in [-0.05, 0) is 25.8 Å². The Morgan fingerprint density at radius 2 is 2.12 bits per heavy atom. The van der Waals surface area contributed by atoms with E-state index in [2.05, 4.69) is 15.1 Å². The molecule has 2 aromatic rings. The molecule has 1 aliphatic heterocycles. The molecule has 0 bridgehead atoms. The van der Waals surface area contributed by atoms with Crippen molar-refractivity contribution in [3.05, 3.63) is 39.6 Å². The highest BCUT2D eigenvalue weighted by Gasteiger charge is 2.20. The molecule has 26 heavy (non-hydrogen) atoms. The summed E-state index contributed by atoms with van der Waals surface area (Å²) in [4.78, 5) is 13.9. The smallest absolute Gasteiger partial charge is 0.223 e. The van der Waals surface area contributed by atoms with E-state index in [9.17, 15) is 5.11 Å². The number of oxime groups is 1. The zero-order valence-electron chi connectivity index (χ0n) is 14.8. The molecular weight excluding hydrogens is 358 g/mol. The highest BCUT2D eigenvalue weighted by Crippen LogP contribution is 2.30. The third-order valence-corrected chi connectivity index (χ3v) is 4.47. The lowest BCUT2D eigenvalue weighted by Gasteiger charge is -2.12. The quantitative estimate of drug-likeness (QED) is 0.774. The lowest BCUT2D eigenvalue weighted by atomic mass is 10.1. The Kier molecular flexibility index (Phi) is 5.15. The first kappa shape index (κ1) is 18.2. The van der Waals surface area contributed by atoms with Crippen LogP contribution in [0.2, 0.25) is 5.15 Å². The number of nitrogen functional groups attached to an aromatic ring is 1. The lowest BCUT2D eigenvalue weighted by Crippen LogP contribution is -2.06. The van der Waals surface area contributed by atoms with Crippen molar-refractivity contribution in [2.45, 2.75) is 26.8 Å². The molecule has 3 N–H and O–H groups in total. The number of allylic oxidation sites excluding steroid dienone is 3. The van der Waals surface area contributed by atoms with E-state index in [1.54, 1.807) is 13.3 Å². The van der Waals surface area contributed by atoms with E-state index in [1.807, 2.05) is 24.6 Å². The average molecular weight is 378 g/mol. The predicted molar refractivity (Wildman–Crippen MR) is 99.7 cm³/mol. The van der Waals surface area contributed by atoms with Crippen molar-refractivity contribution in [3.8, 4) is 0 Å². The number of halogens is 1. The van der Waals surface area contributed by atoms with E-state index in [0.717, 1.165) is 16.7 Å².